The Kier molecular flexibility index (Phi) is 11.6. The molecule has 61 heavy (non-hydrogen) atoms. The van der Waals surface area contributed by atoms with Gasteiger partial charge in [-0.25, -0.2) is 9.18 Å². The van der Waals surface area contributed by atoms with Gasteiger partial charge in [-0.3, -0.25) is 14.4 Å². The molecule has 1 amide bonds. The van der Waals surface area contributed by atoms with Gasteiger partial charge in [-0.05, 0) is 109 Å². The van der Waals surface area contributed by atoms with Crippen LogP contribution in [-0.4, -0.2) is 119 Å². The molecule has 0 radical (unpaired) electrons. The SMILES string of the molecule is CC(C)(C)OC(=O)N1C2CCC1CN(c1nc(OCC34CCCN3CCC4)nc3c1nc(Oc1cc(OC4CCCCO4)cc4cccc(F)c14)n3COCC[Si](C)(C)C)C2. The van der Waals surface area contributed by atoms with Crippen LogP contribution in [-0.2, 0) is 20.9 Å². The van der Waals surface area contributed by atoms with Crippen LogP contribution in [0.25, 0.3) is 21.9 Å². The lowest BCUT2D eigenvalue weighted by atomic mass is 9.95. The molecule has 330 valence electrons. The van der Waals surface area contributed by atoms with Crippen molar-refractivity contribution in [2.24, 2.45) is 0 Å². The molecule has 0 N–H and O–H groups in total. The molecule has 0 spiro atoms. The number of fused-ring (bicyclic) bond motifs is 5. The molecule has 5 aliphatic rings. The Morgan fingerprint density at radius 2 is 1.75 bits per heavy atom. The van der Waals surface area contributed by atoms with Crippen molar-refractivity contribution in [2.45, 2.75) is 140 Å². The third-order valence-corrected chi connectivity index (χ3v) is 14.6. The second kappa shape index (κ2) is 16.8. The van der Waals surface area contributed by atoms with Gasteiger partial charge in [0.25, 0.3) is 0 Å². The van der Waals surface area contributed by atoms with Gasteiger partial charge < -0.3 is 33.3 Å². The van der Waals surface area contributed by atoms with Gasteiger partial charge in [-0.2, -0.15) is 15.0 Å². The quantitative estimate of drug-likeness (QED) is 0.0943. The van der Waals surface area contributed by atoms with Gasteiger partial charge in [0.05, 0.1) is 29.6 Å². The Morgan fingerprint density at radius 3 is 2.46 bits per heavy atom. The first-order chi connectivity index (χ1) is 29.2. The summed E-state index contributed by atoms with van der Waals surface area (Å²) in [6.45, 7) is 17.6. The molecule has 2 aromatic heterocycles. The number of hydrogen-bond acceptors (Lipinski definition) is 12. The van der Waals surface area contributed by atoms with Crippen molar-refractivity contribution in [3.05, 3.63) is 36.1 Å². The summed E-state index contributed by atoms with van der Waals surface area (Å²) in [5.74, 6) is 0.928. The van der Waals surface area contributed by atoms with Crippen molar-refractivity contribution in [1.82, 2.24) is 29.3 Å². The van der Waals surface area contributed by atoms with Crippen LogP contribution in [0.1, 0.15) is 78.6 Å². The summed E-state index contributed by atoms with van der Waals surface area (Å²) < 4.78 is 55.6. The zero-order valence-corrected chi connectivity index (χ0v) is 37.7. The van der Waals surface area contributed by atoms with Gasteiger partial charge >= 0.3 is 18.1 Å². The number of carbonyl (C=O) groups excluding carboxylic acids is 1. The lowest BCUT2D eigenvalue weighted by Crippen LogP contribution is -2.57. The van der Waals surface area contributed by atoms with E-state index in [4.69, 9.17) is 43.4 Å². The molecule has 4 aromatic rings. The first-order valence-electron chi connectivity index (χ1n) is 22.4. The van der Waals surface area contributed by atoms with Gasteiger partial charge in [-0.15, -0.1) is 0 Å². The average Bonchev–Trinajstić information content (AvgIpc) is 3.95. The monoisotopic (exact) mass is 859 g/mol. The fraction of sp³-hybridized carbons (Fsp3) is 0.644. The zero-order valence-electron chi connectivity index (χ0n) is 36.7. The van der Waals surface area contributed by atoms with E-state index in [9.17, 15) is 4.79 Å². The Hall–Kier alpha value is -4.25. The minimum Gasteiger partial charge on any atom is -0.465 e. The van der Waals surface area contributed by atoms with Crippen LogP contribution in [0.2, 0.25) is 25.7 Å². The molecule has 0 saturated carbocycles. The average molecular weight is 860 g/mol. The summed E-state index contributed by atoms with van der Waals surface area (Å²) in [5.41, 5.74) is 0.378. The molecule has 5 fully saturated rings. The van der Waals surface area contributed by atoms with Gasteiger partial charge in [0, 0.05) is 40.3 Å². The van der Waals surface area contributed by atoms with Crippen LogP contribution >= 0.6 is 0 Å². The Balaban J connectivity index is 1.12. The predicted molar refractivity (Wildman–Crippen MR) is 233 cm³/mol. The van der Waals surface area contributed by atoms with Crippen LogP contribution in [0.15, 0.2) is 30.3 Å². The van der Waals surface area contributed by atoms with Crippen molar-refractivity contribution < 1.29 is 37.6 Å². The minimum atomic E-state index is -1.42. The highest BCUT2D eigenvalue weighted by Crippen LogP contribution is 2.42. The van der Waals surface area contributed by atoms with Crippen molar-refractivity contribution in [3.8, 4) is 23.5 Å². The van der Waals surface area contributed by atoms with Crippen LogP contribution in [0.3, 0.4) is 0 Å². The summed E-state index contributed by atoms with van der Waals surface area (Å²) in [6.07, 6.45) is 8.24. The summed E-state index contributed by atoms with van der Waals surface area (Å²) >= 11 is 0. The number of aromatic nitrogens is 4. The molecule has 9 rings (SSSR count). The molecule has 5 saturated heterocycles. The highest BCUT2D eigenvalue weighted by atomic mass is 28.3. The number of carbonyl (C=O) groups is 1. The smallest absolute Gasteiger partial charge is 0.410 e. The largest absolute Gasteiger partial charge is 0.465 e. The van der Waals surface area contributed by atoms with Crippen LogP contribution in [0.4, 0.5) is 15.0 Å². The third kappa shape index (κ3) is 9.00. The van der Waals surface area contributed by atoms with E-state index >= 15 is 4.39 Å². The molecular formula is C45H62FN7O7Si. The lowest BCUT2D eigenvalue weighted by Gasteiger charge is -2.41. The predicted octanol–water partition coefficient (Wildman–Crippen LogP) is 8.72. The van der Waals surface area contributed by atoms with Gasteiger partial charge in [0.15, 0.2) is 23.3 Å². The van der Waals surface area contributed by atoms with E-state index in [1.807, 2.05) is 42.4 Å². The van der Waals surface area contributed by atoms with Gasteiger partial charge in [0.2, 0.25) is 0 Å². The second-order valence-electron chi connectivity index (χ2n) is 19.8. The van der Waals surface area contributed by atoms with Gasteiger partial charge in [-0.1, -0.05) is 31.8 Å². The molecule has 3 atom stereocenters. The van der Waals surface area contributed by atoms with Crippen molar-refractivity contribution in [1.29, 1.82) is 0 Å². The normalized spacial score (nSPS) is 22.9. The highest BCUT2D eigenvalue weighted by Gasteiger charge is 2.47. The number of benzene rings is 2. The van der Waals surface area contributed by atoms with Crippen LogP contribution in [0.5, 0.6) is 23.5 Å². The lowest BCUT2D eigenvalue weighted by molar-refractivity contribution is -0.105. The number of rotatable bonds is 13. The molecule has 3 unspecified atom stereocenters. The van der Waals surface area contributed by atoms with E-state index in [2.05, 4.69) is 29.4 Å². The molecule has 0 aliphatic carbocycles. The maximum atomic E-state index is 15.8. The van der Waals surface area contributed by atoms with E-state index in [-0.39, 0.29) is 48.2 Å². The molecule has 2 aromatic carbocycles. The number of halogens is 1. The molecule has 14 nitrogen and oxygen atoms in total. The Labute approximate surface area is 359 Å². The molecule has 7 heterocycles. The minimum absolute atomic E-state index is 0.0218. The van der Waals surface area contributed by atoms with E-state index in [0.717, 1.165) is 76.9 Å². The standard InChI is InChI=1S/C45H62FN7O7Si/c1-44(2,3)60-43(54)53-31-15-16-32(53)27-50(26-31)39-38-40(49-41(48-39)57-28-45-17-10-19-51(45)20-11-18-45)52(29-55-22-23-61(4,5)6)42(47-38)59-35-25-33(58-36-14-7-8-21-56-36)24-30-12-9-13-34(46)37(30)35/h9,12-13,24-25,31-32,36H,7-8,10-11,14-23,26-29H2,1-6H3. The fourth-order valence-corrected chi connectivity index (χ4v) is 10.6. The molecule has 16 heteroatoms. The number of piperazine rings is 1. The number of imidazole rings is 1. The van der Waals surface area contributed by atoms with E-state index < -0.39 is 25.8 Å². The second-order valence-corrected chi connectivity index (χ2v) is 25.5. The number of ether oxygens (including phenoxy) is 6. The van der Waals surface area contributed by atoms with Crippen molar-refractivity contribution in [3.63, 3.8) is 0 Å². The van der Waals surface area contributed by atoms with Gasteiger partial charge in [0.1, 0.15) is 36.3 Å². The summed E-state index contributed by atoms with van der Waals surface area (Å²) in [4.78, 5) is 35.5. The van der Waals surface area contributed by atoms with Crippen LogP contribution < -0.4 is 19.1 Å². The Bertz CT molecular complexity index is 2210. The zero-order chi connectivity index (χ0) is 42.5. The van der Waals surface area contributed by atoms with E-state index in [1.54, 1.807) is 12.1 Å². The molecule has 5 aliphatic heterocycles. The summed E-state index contributed by atoms with van der Waals surface area (Å²) in [5, 5.41) is 0.930. The first kappa shape index (κ1) is 42.1. The van der Waals surface area contributed by atoms with E-state index in [0.29, 0.717) is 66.4 Å². The maximum Gasteiger partial charge on any atom is 0.410 e. The van der Waals surface area contributed by atoms with E-state index in [1.165, 1.54) is 6.07 Å². The first-order valence-corrected chi connectivity index (χ1v) is 26.1. The van der Waals surface area contributed by atoms with Crippen molar-refractivity contribution >= 4 is 41.9 Å². The van der Waals surface area contributed by atoms with Crippen LogP contribution in [0, 0.1) is 5.82 Å². The molecule has 2 bridgehead atoms. The number of nitrogens with zero attached hydrogens (tertiary/aromatic N) is 7. The highest BCUT2D eigenvalue weighted by molar-refractivity contribution is 6.76. The number of hydrogen-bond donors (Lipinski definition) is 0. The fourth-order valence-electron chi connectivity index (χ4n) is 9.83. The topological polar surface area (TPSA) is 126 Å². The summed E-state index contributed by atoms with van der Waals surface area (Å²) in [6, 6.07) is 9.74. The third-order valence-electron chi connectivity index (χ3n) is 12.9. The number of anilines is 1. The molecular weight excluding hydrogens is 798 g/mol. The maximum absolute atomic E-state index is 15.8. The number of amides is 1. The Morgan fingerprint density at radius 1 is 0.984 bits per heavy atom. The van der Waals surface area contributed by atoms with Crippen molar-refractivity contribution in [2.75, 3.05) is 50.9 Å². The summed E-state index contributed by atoms with van der Waals surface area (Å²) in [7, 11) is -1.42.